The Morgan fingerprint density at radius 2 is 1.51 bits per heavy atom. The molecule has 2 aliphatic rings. The number of aliphatic hydroxyl groups excluding tert-OH is 1. The molecule has 294 valence electrons. The molecule has 2 heterocycles. The zero-order chi connectivity index (χ0) is 40.4. The fourth-order valence-corrected chi connectivity index (χ4v) is 9.58. The van der Waals surface area contributed by atoms with Crippen LogP contribution in [0.15, 0.2) is 101 Å². The van der Waals surface area contributed by atoms with E-state index < -0.39 is 27.4 Å². The van der Waals surface area contributed by atoms with Gasteiger partial charge in [0.25, 0.3) is 11.8 Å². The Balaban J connectivity index is 1.26. The maximum Gasteiger partial charge on any atom is 0.274 e. The molecule has 2 N–H and O–H groups in total. The minimum absolute atomic E-state index is 0.00691. The number of carbonyl (C=O) groups excluding carboxylic acids is 4. The van der Waals surface area contributed by atoms with Gasteiger partial charge in [-0.2, -0.15) is 5.10 Å². The molecule has 1 aliphatic carbocycles. The summed E-state index contributed by atoms with van der Waals surface area (Å²) >= 11 is 0. The van der Waals surface area contributed by atoms with Crippen LogP contribution in [-0.2, 0) is 22.7 Å². The molecular weight excluding hydrogens is 741 g/mol. The number of fused-ring (bicyclic) bond motifs is 3. The monoisotopic (exact) mass is 786 g/mol. The van der Waals surface area contributed by atoms with Gasteiger partial charge in [0.05, 0.1) is 15.5 Å². The molecule has 0 spiro atoms. The van der Waals surface area contributed by atoms with E-state index in [1.807, 2.05) is 36.1 Å². The number of nitrogens with one attached hydrogen (secondary N) is 1. The molecule has 5 aromatic rings. The van der Waals surface area contributed by atoms with E-state index >= 15 is 0 Å². The van der Waals surface area contributed by atoms with Crippen molar-refractivity contribution in [1.82, 2.24) is 14.7 Å². The van der Waals surface area contributed by atoms with E-state index in [1.165, 1.54) is 30.3 Å². The zero-order valence-corrected chi connectivity index (χ0v) is 33.1. The van der Waals surface area contributed by atoms with Crippen molar-refractivity contribution >= 4 is 38.9 Å². The molecule has 0 radical (unpaired) electrons. The quantitative estimate of drug-likeness (QED) is 0.118. The molecule has 2 atom stereocenters. The molecule has 57 heavy (non-hydrogen) atoms. The van der Waals surface area contributed by atoms with Gasteiger partial charge in [-0.3, -0.25) is 19.2 Å². The normalized spacial score (nSPS) is 16.6. The molecule has 1 unspecified atom stereocenters. The number of unbranched alkanes of at least 4 members (excludes halogenated alkanes) is 2. The van der Waals surface area contributed by atoms with Crippen molar-refractivity contribution in [2.75, 3.05) is 25.0 Å². The Morgan fingerprint density at radius 3 is 2.21 bits per heavy atom. The van der Waals surface area contributed by atoms with Crippen LogP contribution in [0.25, 0.3) is 5.69 Å². The SMILES string of the molecule is CCCCN(CCCC)C(=O)c1cc(C)n(-c2ccc(NC(=O)c3ccc4c(c3)S(=O)(=O)c3ccccc3C4=O)cc2C(=O)C2Cc3ccccc3C[C@H]2CO)n1. The molecule has 11 nitrogen and oxygen atoms in total. The summed E-state index contributed by atoms with van der Waals surface area (Å²) in [6, 6.07) is 24.4. The van der Waals surface area contributed by atoms with Crippen molar-refractivity contribution < 1.29 is 32.7 Å². The molecule has 4 aromatic carbocycles. The van der Waals surface area contributed by atoms with Crippen molar-refractivity contribution in [3.05, 3.63) is 136 Å². The second-order valence-electron chi connectivity index (χ2n) is 14.9. The number of Topliss-reactive ketones (excluding diaryl/α,β-unsaturated/α-hetero) is 1. The lowest BCUT2D eigenvalue weighted by Crippen LogP contribution is -2.34. The van der Waals surface area contributed by atoms with Gasteiger partial charge in [-0.1, -0.05) is 63.1 Å². The van der Waals surface area contributed by atoms with Crippen LogP contribution in [0.4, 0.5) is 5.69 Å². The Labute approximate surface area is 332 Å². The number of rotatable bonds is 13. The fraction of sp³-hybridized carbons (Fsp3) is 0.311. The van der Waals surface area contributed by atoms with Gasteiger partial charge in [-0.15, -0.1) is 0 Å². The van der Waals surface area contributed by atoms with Crippen molar-refractivity contribution in [2.45, 2.75) is 69.1 Å². The summed E-state index contributed by atoms with van der Waals surface area (Å²) < 4.78 is 28.7. The molecule has 0 saturated heterocycles. The molecule has 12 heteroatoms. The van der Waals surface area contributed by atoms with Gasteiger partial charge in [0.2, 0.25) is 9.84 Å². The predicted molar refractivity (Wildman–Crippen MR) is 216 cm³/mol. The molecule has 7 rings (SSSR count). The summed E-state index contributed by atoms with van der Waals surface area (Å²) in [5, 5.41) is 18.1. The lowest BCUT2D eigenvalue weighted by molar-refractivity contribution is 0.0744. The molecular formula is C45H46N4O7S. The first-order chi connectivity index (χ1) is 27.5. The number of aromatic nitrogens is 2. The van der Waals surface area contributed by atoms with Crippen molar-refractivity contribution in [3.8, 4) is 5.69 Å². The third-order valence-electron chi connectivity index (χ3n) is 11.1. The lowest BCUT2D eigenvalue weighted by atomic mass is 9.73. The highest BCUT2D eigenvalue weighted by Crippen LogP contribution is 2.37. The van der Waals surface area contributed by atoms with E-state index in [-0.39, 0.29) is 67.6 Å². The number of sulfone groups is 1. The Kier molecular flexibility index (Phi) is 11.4. The molecule has 0 saturated carbocycles. The number of carbonyl (C=O) groups is 4. The number of nitrogens with zero attached hydrogens (tertiary/aromatic N) is 3. The first-order valence-electron chi connectivity index (χ1n) is 19.5. The summed E-state index contributed by atoms with van der Waals surface area (Å²) in [4.78, 5) is 57.0. The minimum Gasteiger partial charge on any atom is -0.396 e. The molecule has 1 aromatic heterocycles. The van der Waals surface area contributed by atoms with Crippen LogP contribution >= 0.6 is 0 Å². The number of anilines is 1. The highest BCUT2D eigenvalue weighted by atomic mass is 32.2. The van der Waals surface area contributed by atoms with Gasteiger partial charge < -0.3 is 15.3 Å². The number of amides is 2. The van der Waals surface area contributed by atoms with Gasteiger partial charge in [0.15, 0.2) is 17.3 Å². The number of hydrogen-bond acceptors (Lipinski definition) is 8. The summed E-state index contributed by atoms with van der Waals surface area (Å²) in [7, 11) is -4.08. The smallest absolute Gasteiger partial charge is 0.274 e. The lowest BCUT2D eigenvalue weighted by Gasteiger charge is -2.31. The maximum atomic E-state index is 14.8. The average Bonchev–Trinajstić information content (AvgIpc) is 3.62. The van der Waals surface area contributed by atoms with Gasteiger partial charge in [-0.25, -0.2) is 13.1 Å². The summed E-state index contributed by atoms with van der Waals surface area (Å²) in [6.07, 6.45) is 4.55. The first kappa shape index (κ1) is 39.5. The van der Waals surface area contributed by atoms with Crippen molar-refractivity contribution in [1.29, 1.82) is 0 Å². The topological polar surface area (TPSA) is 156 Å². The zero-order valence-electron chi connectivity index (χ0n) is 32.3. The Hall–Kier alpha value is -5.72. The average molecular weight is 787 g/mol. The molecule has 1 aliphatic heterocycles. The van der Waals surface area contributed by atoms with E-state index in [9.17, 15) is 32.7 Å². The van der Waals surface area contributed by atoms with E-state index in [2.05, 4.69) is 19.2 Å². The second kappa shape index (κ2) is 16.4. The molecule has 2 amide bonds. The Bertz CT molecular complexity index is 2500. The molecule has 0 fully saturated rings. The number of aliphatic hydroxyl groups is 1. The van der Waals surface area contributed by atoms with Gasteiger partial charge in [0, 0.05) is 59.2 Å². The molecule has 0 bridgehead atoms. The van der Waals surface area contributed by atoms with Crippen LogP contribution in [0.1, 0.15) is 103 Å². The first-order valence-corrected chi connectivity index (χ1v) is 21.0. The number of aryl methyl sites for hydroxylation is 1. The van der Waals surface area contributed by atoms with E-state index in [1.54, 1.807) is 41.1 Å². The van der Waals surface area contributed by atoms with Crippen LogP contribution in [0.3, 0.4) is 0 Å². The van der Waals surface area contributed by atoms with Crippen LogP contribution < -0.4 is 5.32 Å². The van der Waals surface area contributed by atoms with Gasteiger partial charge in [0.1, 0.15) is 0 Å². The number of hydrogen-bond donors (Lipinski definition) is 2. The minimum atomic E-state index is -4.08. The largest absolute Gasteiger partial charge is 0.396 e. The van der Waals surface area contributed by atoms with E-state index in [4.69, 9.17) is 5.10 Å². The fourth-order valence-electron chi connectivity index (χ4n) is 7.90. The van der Waals surface area contributed by atoms with Crippen LogP contribution in [0, 0.1) is 18.8 Å². The number of ketones is 2. The maximum absolute atomic E-state index is 14.8. The van der Waals surface area contributed by atoms with E-state index in [0.717, 1.165) is 36.8 Å². The highest BCUT2D eigenvalue weighted by molar-refractivity contribution is 7.91. The predicted octanol–water partition coefficient (Wildman–Crippen LogP) is 7.06. The Morgan fingerprint density at radius 1 is 0.842 bits per heavy atom. The summed E-state index contributed by atoms with van der Waals surface area (Å²) in [5.41, 5.74) is 4.00. The summed E-state index contributed by atoms with van der Waals surface area (Å²) in [5.74, 6) is -2.46. The second-order valence-corrected chi connectivity index (χ2v) is 16.8. The van der Waals surface area contributed by atoms with Crippen molar-refractivity contribution in [3.63, 3.8) is 0 Å². The van der Waals surface area contributed by atoms with Crippen LogP contribution in [-0.4, -0.2) is 71.3 Å². The van der Waals surface area contributed by atoms with E-state index in [0.29, 0.717) is 37.3 Å². The van der Waals surface area contributed by atoms with Crippen LogP contribution in [0.5, 0.6) is 0 Å². The summed E-state index contributed by atoms with van der Waals surface area (Å²) in [6.45, 7) is 7.01. The third-order valence-corrected chi connectivity index (χ3v) is 12.9. The van der Waals surface area contributed by atoms with Gasteiger partial charge >= 0.3 is 0 Å². The van der Waals surface area contributed by atoms with Gasteiger partial charge in [-0.05, 0) is 104 Å². The standard InChI is InChI=1S/C45H46N4O7S/c1-4-6-20-48(21-7-5-2)45(54)38-22-28(3)49(47-38)39-19-17-33(26-37(39)43(52)36-24-30-13-9-8-12-29(30)23-32(36)27-50)46-44(53)31-16-18-35-41(25-31)57(55,56)40-15-11-10-14-34(40)42(35)51/h8-19,22,25-26,32,36,50H,4-7,20-21,23-24,27H2,1-3H3,(H,46,53)/t32-,36?/m0/s1. The highest BCUT2D eigenvalue weighted by Gasteiger charge is 2.37. The third kappa shape index (κ3) is 7.59. The number of benzene rings is 4. The van der Waals surface area contributed by atoms with Crippen LogP contribution in [0.2, 0.25) is 0 Å². The van der Waals surface area contributed by atoms with Crippen molar-refractivity contribution in [2.24, 2.45) is 11.8 Å².